The van der Waals surface area contributed by atoms with E-state index >= 15 is 0 Å². The van der Waals surface area contributed by atoms with Crippen molar-refractivity contribution < 1.29 is 9.90 Å². The number of carbonyl (C=O) groups is 1. The Balaban J connectivity index is 2.90. The van der Waals surface area contributed by atoms with E-state index in [0.717, 1.165) is 0 Å². The second-order valence-corrected chi connectivity index (χ2v) is 2.63. The first-order chi connectivity index (χ1) is 6.72. The monoisotopic (exact) mass is 185 g/mol. The lowest BCUT2D eigenvalue weighted by molar-refractivity contribution is -0.136. The van der Waals surface area contributed by atoms with E-state index in [0.29, 0.717) is 11.1 Å². The van der Waals surface area contributed by atoms with Crippen LogP contribution in [0.25, 0.3) is 0 Å². The molecular weight excluding hydrogens is 178 g/mol. The Labute approximate surface area is 81.6 Å². The molecule has 0 amide bonds. The van der Waals surface area contributed by atoms with Gasteiger partial charge in [0.2, 0.25) is 0 Å². The van der Waals surface area contributed by atoms with Crippen LogP contribution < -0.4 is 0 Å². The lowest BCUT2D eigenvalue weighted by Crippen LogP contribution is -1.99. The van der Waals surface area contributed by atoms with Crippen molar-refractivity contribution in [2.45, 2.75) is 6.42 Å². The topological polar surface area (TPSA) is 61.1 Å². The Kier molecular flexibility index (Phi) is 3.29. The molecule has 0 unspecified atom stereocenters. The Morgan fingerprint density at radius 1 is 1.50 bits per heavy atom. The van der Waals surface area contributed by atoms with Crippen LogP contribution in [-0.4, -0.2) is 11.1 Å². The summed E-state index contributed by atoms with van der Waals surface area (Å²) in [7, 11) is 0. The smallest absolute Gasteiger partial charge is 0.307 e. The van der Waals surface area contributed by atoms with E-state index in [2.05, 4.69) is 11.8 Å². The number of hydrogen-bond acceptors (Lipinski definition) is 2. The molecule has 0 spiro atoms. The van der Waals surface area contributed by atoms with Gasteiger partial charge in [-0.25, -0.2) is 0 Å². The number of nitriles is 1. The van der Waals surface area contributed by atoms with Crippen LogP contribution in [0.1, 0.15) is 11.1 Å². The van der Waals surface area contributed by atoms with E-state index in [1.165, 1.54) is 0 Å². The fourth-order valence-electron chi connectivity index (χ4n) is 1.03. The highest BCUT2D eigenvalue weighted by molar-refractivity contribution is 5.70. The zero-order chi connectivity index (χ0) is 10.4. The lowest BCUT2D eigenvalue weighted by atomic mass is 10.1. The van der Waals surface area contributed by atoms with Gasteiger partial charge >= 0.3 is 5.97 Å². The lowest BCUT2D eigenvalue weighted by Gasteiger charge is -1.96. The number of rotatable bonds is 2. The third-order valence-electron chi connectivity index (χ3n) is 1.55. The van der Waals surface area contributed by atoms with Gasteiger partial charge in [0.25, 0.3) is 0 Å². The third kappa shape index (κ3) is 3.00. The van der Waals surface area contributed by atoms with Crippen LogP contribution in [0, 0.1) is 23.2 Å². The Morgan fingerprint density at radius 2 is 2.29 bits per heavy atom. The minimum Gasteiger partial charge on any atom is -0.481 e. The fraction of sp³-hybridized carbons (Fsp3) is 0.0909. The van der Waals surface area contributed by atoms with E-state index in [-0.39, 0.29) is 6.42 Å². The predicted octanol–water partition coefficient (Wildman–Crippen LogP) is 1.19. The van der Waals surface area contributed by atoms with Gasteiger partial charge in [0.1, 0.15) is 0 Å². The van der Waals surface area contributed by atoms with Crippen molar-refractivity contribution in [2.75, 3.05) is 0 Å². The molecule has 1 aromatic rings. The van der Waals surface area contributed by atoms with E-state index in [1.54, 1.807) is 30.3 Å². The first-order valence-electron chi connectivity index (χ1n) is 3.93. The molecule has 68 valence electrons. The largest absolute Gasteiger partial charge is 0.481 e. The van der Waals surface area contributed by atoms with Crippen LogP contribution in [0.5, 0.6) is 0 Å². The SMILES string of the molecule is N#CC#Cc1cccc(CC(=O)O)c1. The van der Waals surface area contributed by atoms with Gasteiger partial charge in [-0.15, -0.1) is 0 Å². The Hall–Kier alpha value is -2.26. The van der Waals surface area contributed by atoms with E-state index in [1.807, 2.05) is 0 Å². The van der Waals surface area contributed by atoms with Crippen LogP contribution in [0.15, 0.2) is 24.3 Å². The highest BCUT2D eigenvalue weighted by Gasteiger charge is 1.99. The summed E-state index contributed by atoms with van der Waals surface area (Å²) in [6.07, 6.45) is -0.0257. The van der Waals surface area contributed by atoms with Gasteiger partial charge in [-0.1, -0.05) is 18.1 Å². The maximum absolute atomic E-state index is 10.4. The molecule has 0 aromatic heterocycles. The van der Waals surface area contributed by atoms with Crippen molar-refractivity contribution in [3.05, 3.63) is 35.4 Å². The standard InChI is InChI=1S/C11H7NO2/c12-6-2-5-9-3-1-4-10(7-9)8-11(13)14/h1,3-4,7H,8H2,(H,13,14). The molecule has 1 N–H and O–H groups in total. The molecular formula is C11H7NO2. The molecule has 1 aromatic carbocycles. The maximum Gasteiger partial charge on any atom is 0.307 e. The van der Waals surface area contributed by atoms with Crippen molar-refractivity contribution in [1.82, 2.24) is 0 Å². The van der Waals surface area contributed by atoms with Crippen molar-refractivity contribution in [3.8, 4) is 17.9 Å². The summed E-state index contributed by atoms with van der Waals surface area (Å²) in [5.74, 6) is 3.98. The third-order valence-corrected chi connectivity index (χ3v) is 1.55. The van der Waals surface area contributed by atoms with Crippen LogP contribution in [-0.2, 0) is 11.2 Å². The summed E-state index contributed by atoms with van der Waals surface area (Å²) in [5, 5.41) is 16.8. The van der Waals surface area contributed by atoms with Gasteiger partial charge < -0.3 is 5.11 Å². The summed E-state index contributed by atoms with van der Waals surface area (Å²) in [4.78, 5) is 10.4. The molecule has 0 atom stereocenters. The minimum absolute atomic E-state index is 0.0257. The first-order valence-corrected chi connectivity index (χ1v) is 3.93. The molecule has 0 fully saturated rings. The average molecular weight is 185 g/mol. The van der Waals surface area contributed by atoms with E-state index in [9.17, 15) is 4.79 Å². The number of aliphatic carboxylic acids is 1. The normalized spacial score (nSPS) is 8.21. The molecule has 0 heterocycles. The molecule has 0 bridgehead atoms. The van der Waals surface area contributed by atoms with Crippen LogP contribution in [0.2, 0.25) is 0 Å². The van der Waals surface area contributed by atoms with Crippen LogP contribution in [0.3, 0.4) is 0 Å². The van der Waals surface area contributed by atoms with E-state index in [4.69, 9.17) is 10.4 Å². The molecule has 3 nitrogen and oxygen atoms in total. The quantitative estimate of drug-likeness (QED) is 0.704. The second kappa shape index (κ2) is 4.69. The van der Waals surface area contributed by atoms with Gasteiger partial charge in [0.15, 0.2) is 6.07 Å². The number of hydrogen-bond donors (Lipinski definition) is 1. The summed E-state index contributed by atoms with van der Waals surface area (Å²) >= 11 is 0. The molecule has 0 aliphatic carbocycles. The summed E-state index contributed by atoms with van der Waals surface area (Å²) in [6.45, 7) is 0. The molecule has 3 heteroatoms. The zero-order valence-corrected chi connectivity index (χ0v) is 7.32. The van der Waals surface area contributed by atoms with Crippen molar-refractivity contribution in [2.24, 2.45) is 0 Å². The number of benzene rings is 1. The highest BCUT2D eigenvalue weighted by atomic mass is 16.4. The summed E-state index contributed by atoms with van der Waals surface area (Å²) < 4.78 is 0. The van der Waals surface area contributed by atoms with Crippen LogP contribution in [0.4, 0.5) is 0 Å². The predicted molar refractivity (Wildman–Crippen MR) is 50.3 cm³/mol. The molecule has 14 heavy (non-hydrogen) atoms. The van der Waals surface area contributed by atoms with E-state index < -0.39 is 5.97 Å². The molecule has 1 rings (SSSR count). The second-order valence-electron chi connectivity index (χ2n) is 2.63. The minimum atomic E-state index is -0.879. The maximum atomic E-state index is 10.4. The zero-order valence-electron chi connectivity index (χ0n) is 7.32. The van der Waals surface area contributed by atoms with Gasteiger partial charge in [-0.2, -0.15) is 5.26 Å². The van der Waals surface area contributed by atoms with Gasteiger partial charge in [0.05, 0.1) is 6.42 Å². The summed E-state index contributed by atoms with van der Waals surface area (Å²) in [5.41, 5.74) is 1.34. The number of nitrogens with zero attached hydrogens (tertiary/aromatic N) is 1. The number of carboxylic acids is 1. The fourth-order valence-corrected chi connectivity index (χ4v) is 1.03. The first kappa shape index (κ1) is 9.83. The summed E-state index contributed by atoms with van der Waals surface area (Å²) in [6, 6.07) is 8.53. The highest BCUT2D eigenvalue weighted by Crippen LogP contribution is 2.04. The van der Waals surface area contributed by atoms with Crippen molar-refractivity contribution in [3.63, 3.8) is 0 Å². The van der Waals surface area contributed by atoms with Crippen molar-refractivity contribution in [1.29, 1.82) is 5.26 Å². The van der Waals surface area contributed by atoms with Crippen molar-refractivity contribution >= 4 is 5.97 Å². The Bertz CT molecular complexity index is 446. The molecule has 0 saturated heterocycles. The molecule has 0 aliphatic heterocycles. The number of carboxylic acid groups (broad SMARTS) is 1. The van der Waals surface area contributed by atoms with Gasteiger partial charge in [-0.3, -0.25) is 4.79 Å². The molecule has 0 saturated carbocycles. The molecule has 0 aliphatic rings. The van der Waals surface area contributed by atoms with Gasteiger partial charge in [0, 0.05) is 11.5 Å². The van der Waals surface area contributed by atoms with Crippen LogP contribution >= 0.6 is 0 Å². The van der Waals surface area contributed by atoms with Gasteiger partial charge in [-0.05, 0) is 17.7 Å². The Morgan fingerprint density at radius 3 is 2.93 bits per heavy atom. The molecule has 0 radical (unpaired) electrons. The average Bonchev–Trinajstić information content (AvgIpc) is 2.14.